The zero-order chi connectivity index (χ0) is 23.9. The molecule has 0 saturated heterocycles. The number of carbonyl (C=O) groups excluding carboxylic acids is 2. The minimum Gasteiger partial charge on any atom is -0.504 e. The Hall–Kier alpha value is -3.62. The molecule has 8 heteroatoms. The van der Waals surface area contributed by atoms with E-state index in [-0.39, 0.29) is 5.75 Å². The van der Waals surface area contributed by atoms with E-state index in [1.54, 1.807) is 36.5 Å². The van der Waals surface area contributed by atoms with Crippen LogP contribution in [-0.2, 0) is 22.7 Å². The van der Waals surface area contributed by atoms with Crippen LogP contribution in [-0.4, -0.2) is 30.1 Å². The first-order valence-corrected chi connectivity index (χ1v) is 11.5. The summed E-state index contributed by atoms with van der Waals surface area (Å²) in [5.41, 5.74) is 3.23. The zero-order valence-corrected chi connectivity index (χ0v) is 19.8. The number of benzene rings is 3. The molecular formula is C26H23BrN2O5. The lowest BCUT2D eigenvalue weighted by Crippen LogP contribution is -2.37. The third kappa shape index (κ3) is 5.84. The average Bonchev–Trinajstić information content (AvgIpc) is 2.82. The molecule has 1 aliphatic heterocycles. The third-order valence-corrected chi connectivity index (χ3v) is 5.65. The van der Waals surface area contributed by atoms with Crippen LogP contribution in [0.3, 0.4) is 0 Å². The molecule has 0 unspecified atom stereocenters. The van der Waals surface area contributed by atoms with Gasteiger partial charge >= 0.3 is 0 Å². The lowest BCUT2D eigenvalue weighted by Gasteiger charge is -2.18. The number of fused-ring (bicyclic) bond motifs is 1. The highest BCUT2D eigenvalue weighted by Gasteiger charge is 2.27. The monoisotopic (exact) mass is 522 g/mol. The number of ether oxygens (including phenoxy) is 2. The number of hydrogen-bond acceptors (Lipinski definition) is 6. The summed E-state index contributed by atoms with van der Waals surface area (Å²) in [5.74, 6) is -0.500. The molecule has 0 fully saturated rings. The van der Waals surface area contributed by atoms with Gasteiger partial charge < -0.3 is 19.9 Å². The summed E-state index contributed by atoms with van der Waals surface area (Å²) in [6, 6.07) is 20.1. The number of phenolic OH excluding ortho intramolecular Hbond substituents is 1. The third-order valence-electron chi connectivity index (χ3n) is 5.16. The van der Waals surface area contributed by atoms with Crippen molar-refractivity contribution < 1.29 is 24.2 Å². The maximum atomic E-state index is 12.3. The first-order valence-electron chi connectivity index (χ1n) is 10.7. The molecule has 1 aliphatic rings. The molecule has 3 aromatic carbocycles. The van der Waals surface area contributed by atoms with Crippen LogP contribution in [0.5, 0.6) is 11.5 Å². The smallest absolute Gasteiger partial charge is 0.260 e. The van der Waals surface area contributed by atoms with Crippen LogP contribution in [0.1, 0.15) is 27.0 Å². The predicted molar refractivity (Wildman–Crippen MR) is 131 cm³/mol. The highest BCUT2D eigenvalue weighted by atomic mass is 79.9. The van der Waals surface area contributed by atoms with Crippen molar-refractivity contribution in [3.8, 4) is 11.5 Å². The zero-order valence-electron chi connectivity index (χ0n) is 18.2. The SMILES string of the molecule is O=C1NC(=O)c2ccc(Br)cc2/C1=C/NCc1ccc(OCCOCc2ccccc2)c(O)c1. The Bertz CT molecular complexity index is 1230. The van der Waals surface area contributed by atoms with Gasteiger partial charge in [0.1, 0.15) is 6.61 Å². The molecule has 0 atom stereocenters. The molecule has 4 rings (SSSR count). The molecule has 0 saturated carbocycles. The van der Waals surface area contributed by atoms with Crippen molar-refractivity contribution in [1.29, 1.82) is 0 Å². The number of amides is 2. The van der Waals surface area contributed by atoms with Crippen LogP contribution in [0, 0.1) is 0 Å². The first-order chi connectivity index (χ1) is 16.5. The van der Waals surface area contributed by atoms with E-state index in [4.69, 9.17) is 9.47 Å². The number of phenols is 1. The van der Waals surface area contributed by atoms with E-state index in [0.717, 1.165) is 15.6 Å². The topological polar surface area (TPSA) is 96.9 Å². The van der Waals surface area contributed by atoms with Crippen molar-refractivity contribution in [2.75, 3.05) is 13.2 Å². The average molecular weight is 523 g/mol. The quantitative estimate of drug-likeness (QED) is 0.222. The molecule has 0 aromatic heterocycles. The van der Waals surface area contributed by atoms with Gasteiger partial charge in [0.25, 0.3) is 11.8 Å². The minimum atomic E-state index is -0.468. The van der Waals surface area contributed by atoms with Gasteiger partial charge in [-0.3, -0.25) is 14.9 Å². The van der Waals surface area contributed by atoms with E-state index >= 15 is 0 Å². The van der Waals surface area contributed by atoms with E-state index in [1.807, 2.05) is 36.4 Å². The number of halogens is 1. The Morgan fingerprint density at radius 3 is 2.53 bits per heavy atom. The second kappa shape index (κ2) is 11.0. The van der Waals surface area contributed by atoms with Gasteiger partial charge in [0.2, 0.25) is 0 Å². The summed E-state index contributed by atoms with van der Waals surface area (Å²) < 4.78 is 12.0. The fraction of sp³-hybridized carbons (Fsp3) is 0.154. The minimum absolute atomic E-state index is 0.0188. The van der Waals surface area contributed by atoms with Crippen molar-refractivity contribution in [2.24, 2.45) is 0 Å². The fourth-order valence-electron chi connectivity index (χ4n) is 3.48. The summed E-state index contributed by atoms with van der Waals surface area (Å²) in [4.78, 5) is 24.4. The number of hydrogen-bond donors (Lipinski definition) is 3. The van der Waals surface area contributed by atoms with Gasteiger partial charge in [0.05, 0.1) is 18.8 Å². The van der Waals surface area contributed by atoms with Crippen molar-refractivity contribution in [3.05, 3.63) is 99.7 Å². The van der Waals surface area contributed by atoms with Gasteiger partial charge in [0, 0.05) is 28.3 Å². The van der Waals surface area contributed by atoms with Gasteiger partial charge in [-0.15, -0.1) is 0 Å². The number of aromatic hydroxyl groups is 1. The van der Waals surface area contributed by atoms with Crippen molar-refractivity contribution in [1.82, 2.24) is 10.6 Å². The number of rotatable bonds is 9. The highest BCUT2D eigenvalue weighted by molar-refractivity contribution is 9.10. The molecule has 0 spiro atoms. The van der Waals surface area contributed by atoms with Gasteiger partial charge in [0.15, 0.2) is 11.5 Å². The maximum absolute atomic E-state index is 12.3. The van der Waals surface area contributed by atoms with Crippen LogP contribution in [0.4, 0.5) is 0 Å². The molecular weight excluding hydrogens is 500 g/mol. The summed E-state index contributed by atoms with van der Waals surface area (Å²) in [6.07, 6.45) is 1.57. The van der Waals surface area contributed by atoms with Crippen LogP contribution in [0.25, 0.3) is 5.57 Å². The Balaban J connectivity index is 1.30. The molecule has 2 amide bonds. The van der Waals surface area contributed by atoms with Gasteiger partial charge in [-0.1, -0.05) is 52.3 Å². The predicted octanol–water partition coefficient (Wildman–Crippen LogP) is 4.15. The molecule has 1 heterocycles. The Morgan fingerprint density at radius 2 is 1.74 bits per heavy atom. The molecule has 7 nitrogen and oxygen atoms in total. The van der Waals surface area contributed by atoms with Gasteiger partial charge in [-0.25, -0.2) is 0 Å². The second-order valence-electron chi connectivity index (χ2n) is 7.60. The van der Waals surface area contributed by atoms with Crippen molar-refractivity contribution in [2.45, 2.75) is 13.2 Å². The number of carbonyl (C=O) groups is 2. The fourth-order valence-corrected chi connectivity index (χ4v) is 3.84. The number of imide groups is 1. The molecule has 0 aliphatic carbocycles. The van der Waals surface area contributed by atoms with Crippen molar-refractivity contribution in [3.63, 3.8) is 0 Å². The lowest BCUT2D eigenvalue weighted by molar-refractivity contribution is -0.114. The lowest BCUT2D eigenvalue weighted by atomic mass is 9.95. The largest absolute Gasteiger partial charge is 0.504 e. The standard InChI is InChI=1S/C26H23BrN2O5/c27-19-7-8-20-21(13-19)22(26(32)29-25(20)31)15-28-14-18-6-9-24(23(30)12-18)34-11-10-33-16-17-4-2-1-3-5-17/h1-9,12-13,15,28,30H,10-11,14,16H2,(H,29,31,32)/b22-15-. The van der Waals surface area contributed by atoms with Gasteiger partial charge in [-0.05, 0) is 41.5 Å². The van der Waals surface area contributed by atoms with Crippen LogP contribution < -0.4 is 15.4 Å². The van der Waals surface area contributed by atoms with Gasteiger partial charge in [-0.2, -0.15) is 0 Å². The van der Waals surface area contributed by atoms with Crippen molar-refractivity contribution >= 4 is 33.3 Å². The Morgan fingerprint density at radius 1 is 0.912 bits per heavy atom. The van der Waals surface area contributed by atoms with E-state index in [2.05, 4.69) is 26.6 Å². The Labute approximate surface area is 205 Å². The molecule has 0 radical (unpaired) electrons. The first kappa shape index (κ1) is 23.5. The molecule has 34 heavy (non-hydrogen) atoms. The summed E-state index contributed by atoms with van der Waals surface area (Å²) in [7, 11) is 0. The van der Waals surface area contributed by atoms with E-state index in [1.165, 1.54) is 0 Å². The van der Waals surface area contributed by atoms with Crippen LogP contribution >= 0.6 is 15.9 Å². The van der Waals surface area contributed by atoms with E-state index in [9.17, 15) is 14.7 Å². The second-order valence-corrected chi connectivity index (χ2v) is 8.52. The normalized spacial score (nSPS) is 14.0. The summed E-state index contributed by atoms with van der Waals surface area (Å²) >= 11 is 3.38. The molecule has 3 aromatic rings. The van der Waals surface area contributed by atoms with Crippen LogP contribution in [0.15, 0.2) is 77.4 Å². The highest BCUT2D eigenvalue weighted by Crippen LogP contribution is 2.28. The maximum Gasteiger partial charge on any atom is 0.260 e. The Kier molecular flexibility index (Phi) is 7.61. The van der Waals surface area contributed by atoms with E-state index in [0.29, 0.717) is 48.8 Å². The van der Waals surface area contributed by atoms with E-state index < -0.39 is 11.8 Å². The molecule has 3 N–H and O–H groups in total. The molecule has 0 bridgehead atoms. The van der Waals surface area contributed by atoms with Crippen LogP contribution in [0.2, 0.25) is 0 Å². The number of nitrogens with one attached hydrogen (secondary N) is 2. The summed E-state index contributed by atoms with van der Waals surface area (Å²) in [5, 5.41) is 15.7. The summed E-state index contributed by atoms with van der Waals surface area (Å²) in [6.45, 7) is 1.58. The molecule has 174 valence electrons.